The number of halogens is 1. The smallest absolute Gasteiger partial charge is 0.226 e. The number of aryl methyl sites for hydroxylation is 1. The van der Waals surface area contributed by atoms with Crippen molar-refractivity contribution in [2.45, 2.75) is 19.4 Å². The monoisotopic (exact) mass is 371 g/mol. The average molecular weight is 371 g/mol. The summed E-state index contributed by atoms with van der Waals surface area (Å²) in [6.07, 6.45) is 1.70. The van der Waals surface area contributed by atoms with Crippen LogP contribution in [0, 0.1) is 12.7 Å². The lowest BCUT2D eigenvalue weighted by molar-refractivity contribution is -0.120. The van der Waals surface area contributed by atoms with Gasteiger partial charge >= 0.3 is 0 Å². The second-order valence-electron chi connectivity index (χ2n) is 6.51. The zero-order valence-corrected chi connectivity index (χ0v) is 15.5. The van der Waals surface area contributed by atoms with Crippen molar-refractivity contribution in [3.8, 4) is 11.5 Å². The fourth-order valence-corrected chi connectivity index (χ4v) is 2.78. The Morgan fingerprint density at radius 3 is 2.78 bits per heavy atom. The Kier molecular flexibility index (Phi) is 5.71. The van der Waals surface area contributed by atoms with Gasteiger partial charge in [0.05, 0.1) is 24.4 Å². The zero-order valence-electron chi connectivity index (χ0n) is 15.5. The number of benzene rings is 1. The van der Waals surface area contributed by atoms with Gasteiger partial charge < -0.3 is 14.2 Å². The number of rotatable bonds is 7. The van der Waals surface area contributed by atoms with E-state index >= 15 is 0 Å². The number of likely N-dealkylation sites (N-methyl/N-ethyl adjacent to an activating group) is 1. The van der Waals surface area contributed by atoms with Crippen LogP contribution in [0.3, 0.4) is 0 Å². The molecule has 142 valence electrons. The number of hydrogen-bond acceptors (Lipinski definition) is 5. The average Bonchev–Trinajstić information content (AvgIpc) is 3.26. The summed E-state index contributed by atoms with van der Waals surface area (Å²) in [7, 11) is 3.85. The van der Waals surface area contributed by atoms with E-state index in [1.807, 2.05) is 31.1 Å². The molecule has 2 heterocycles. The maximum absolute atomic E-state index is 13.4. The first kappa shape index (κ1) is 18.8. The summed E-state index contributed by atoms with van der Waals surface area (Å²) in [4.78, 5) is 18.7. The van der Waals surface area contributed by atoms with Crippen molar-refractivity contribution >= 4 is 5.91 Å². The lowest BCUT2D eigenvalue weighted by Gasteiger charge is -2.22. The summed E-state index contributed by atoms with van der Waals surface area (Å²) in [5.41, 5.74) is 1.07. The van der Waals surface area contributed by atoms with E-state index in [-0.39, 0.29) is 24.2 Å². The molecule has 1 amide bonds. The van der Waals surface area contributed by atoms with Crippen LogP contribution in [0.1, 0.15) is 23.3 Å². The molecule has 0 radical (unpaired) electrons. The molecule has 0 saturated heterocycles. The van der Waals surface area contributed by atoms with E-state index in [0.29, 0.717) is 29.5 Å². The Balaban J connectivity index is 1.64. The lowest BCUT2D eigenvalue weighted by Crippen LogP contribution is -2.35. The minimum Gasteiger partial charge on any atom is -0.468 e. The molecule has 0 bridgehead atoms. The number of amides is 1. The first-order valence-corrected chi connectivity index (χ1v) is 8.63. The van der Waals surface area contributed by atoms with E-state index in [1.54, 1.807) is 25.3 Å². The van der Waals surface area contributed by atoms with E-state index in [2.05, 4.69) is 10.3 Å². The Morgan fingerprint density at radius 2 is 2.11 bits per heavy atom. The normalized spacial score (nSPS) is 12.3. The third-order valence-electron chi connectivity index (χ3n) is 4.28. The molecule has 1 unspecified atom stereocenters. The number of hydrogen-bond donors (Lipinski definition) is 1. The molecule has 0 fully saturated rings. The summed E-state index contributed by atoms with van der Waals surface area (Å²) in [6, 6.07) is 9.64. The molecule has 0 saturated carbocycles. The van der Waals surface area contributed by atoms with E-state index in [9.17, 15) is 9.18 Å². The molecule has 6 nitrogen and oxygen atoms in total. The van der Waals surface area contributed by atoms with Gasteiger partial charge in [0.2, 0.25) is 11.8 Å². The van der Waals surface area contributed by atoms with Gasteiger partial charge in [-0.15, -0.1) is 0 Å². The molecule has 0 aliphatic carbocycles. The fraction of sp³-hybridized carbons (Fsp3) is 0.300. The highest BCUT2D eigenvalue weighted by Crippen LogP contribution is 2.23. The summed E-state index contributed by atoms with van der Waals surface area (Å²) >= 11 is 0. The first-order chi connectivity index (χ1) is 12.9. The molecular weight excluding hydrogens is 349 g/mol. The molecule has 0 spiro atoms. The van der Waals surface area contributed by atoms with Crippen LogP contribution in [0.5, 0.6) is 0 Å². The van der Waals surface area contributed by atoms with Crippen molar-refractivity contribution in [2.75, 3.05) is 20.6 Å². The molecule has 3 rings (SSSR count). The Labute approximate surface area is 157 Å². The van der Waals surface area contributed by atoms with Crippen LogP contribution in [0.15, 0.2) is 51.5 Å². The Hall–Kier alpha value is -2.93. The number of furan rings is 1. The van der Waals surface area contributed by atoms with Gasteiger partial charge in [0.15, 0.2) is 0 Å². The van der Waals surface area contributed by atoms with Crippen molar-refractivity contribution < 1.29 is 18.0 Å². The second-order valence-corrected chi connectivity index (χ2v) is 6.51. The third-order valence-corrected chi connectivity index (χ3v) is 4.28. The van der Waals surface area contributed by atoms with Gasteiger partial charge in [-0.05, 0) is 51.4 Å². The van der Waals surface area contributed by atoms with E-state index in [0.717, 1.165) is 5.76 Å². The molecule has 1 aromatic carbocycles. The van der Waals surface area contributed by atoms with E-state index < -0.39 is 0 Å². The Morgan fingerprint density at radius 1 is 1.30 bits per heavy atom. The van der Waals surface area contributed by atoms with Crippen LogP contribution < -0.4 is 5.32 Å². The van der Waals surface area contributed by atoms with Crippen LogP contribution in [0.2, 0.25) is 0 Å². The molecule has 7 heteroatoms. The number of aromatic nitrogens is 1. The largest absolute Gasteiger partial charge is 0.468 e. The number of carbonyl (C=O) groups is 1. The fourth-order valence-electron chi connectivity index (χ4n) is 2.78. The highest BCUT2D eigenvalue weighted by molar-refractivity contribution is 5.78. The second kappa shape index (κ2) is 8.18. The highest BCUT2D eigenvalue weighted by atomic mass is 19.1. The van der Waals surface area contributed by atoms with Gasteiger partial charge in [-0.25, -0.2) is 9.37 Å². The molecule has 2 aromatic heterocycles. The van der Waals surface area contributed by atoms with Crippen molar-refractivity contribution in [1.29, 1.82) is 0 Å². The molecule has 3 aromatic rings. The molecule has 0 aliphatic heterocycles. The Bertz CT molecular complexity index is 903. The van der Waals surface area contributed by atoms with E-state index in [4.69, 9.17) is 8.83 Å². The van der Waals surface area contributed by atoms with Crippen LogP contribution in [0.4, 0.5) is 4.39 Å². The number of nitrogens with zero attached hydrogens (tertiary/aromatic N) is 2. The van der Waals surface area contributed by atoms with Gasteiger partial charge in [-0.3, -0.25) is 9.69 Å². The van der Waals surface area contributed by atoms with Gasteiger partial charge in [0.25, 0.3) is 0 Å². The van der Waals surface area contributed by atoms with Crippen molar-refractivity contribution in [1.82, 2.24) is 15.2 Å². The number of oxazole rings is 1. The number of carbonyl (C=O) groups excluding carboxylic acids is 1. The van der Waals surface area contributed by atoms with Crippen molar-refractivity contribution in [3.05, 3.63) is 65.7 Å². The maximum Gasteiger partial charge on any atom is 0.226 e. The van der Waals surface area contributed by atoms with Crippen LogP contribution in [0.25, 0.3) is 11.5 Å². The predicted octanol–water partition coefficient (Wildman–Crippen LogP) is 3.34. The topological polar surface area (TPSA) is 71.5 Å². The lowest BCUT2D eigenvalue weighted by atomic mass is 10.2. The first-order valence-electron chi connectivity index (χ1n) is 8.63. The van der Waals surface area contributed by atoms with Gasteiger partial charge in [-0.2, -0.15) is 0 Å². The van der Waals surface area contributed by atoms with Gasteiger partial charge in [-0.1, -0.05) is 6.07 Å². The summed E-state index contributed by atoms with van der Waals surface area (Å²) in [5, 5.41) is 2.90. The molecule has 0 aliphatic rings. The minimum atomic E-state index is -0.365. The minimum absolute atomic E-state index is 0.0646. The van der Waals surface area contributed by atoms with Gasteiger partial charge in [0.1, 0.15) is 17.3 Å². The van der Waals surface area contributed by atoms with Crippen molar-refractivity contribution in [3.63, 3.8) is 0 Å². The zero-order chi connectivity index (χ0) is 19.4. The molecule has 1 N–H and O–H groups in total. The summed E-state index contributed by atoms with van der Waals surface area (Å²) < 4.78 is 24.4. The highest BCUT2D eigenvalue weighted by Gasteiger charge is 2.19. The van der Waals surface area contributed by atoms with Crippen LogP contribution in [-0.4, -0.2) is 36.4 Å². The van der Waals surface area contributed by atoms with Crippen LogP contribution in [-0.2, 0) is 11.2 Å². The third kappa shape index (κ3) is 4.62. The van der Waals surface area contributed by atoms with Crippen LogP contribution >= 0.6 is 0 Å². The SMILES string of the molecule is Cc1oc(-c2cccc(F)c2)nc1CC(=O)NCC(c1ccco1)N(C)C. The molecular formula is C20H22FN3O3. The van der Waals surface area contributed by atoms with E-state index in [1.165, 1.54) is 12.1 Å². The number of nitrogens with one attached hydrogen (secondary N) is 1. The summed E-state index contributed by atoms with van der Waals surface area (Å²) in [6.45, 7) is 2.15. The quantitative estimate of drug-likeness (QED) is 0.690. The molecule has 27 heavy (non-hydrogen) atoms. The predicted molar refractivity (Wildman–Crippen MR) is 98.5 cm³/mol. The maximum atomic E-state index is 13.4. The molecule has 1 atom stereocenters. The summed E-state index contributed by atoms with van der Waals surface area (Å²) in [5.74, 6) is 1.09. The van der Waals surface area contributed by atoms with Crippen molar-refractivity contribution in [2.24, 2.45) is 0 Å². The van der Waals surface area contributed by atoms with Gasteiger partial charge in [0, 0.05) is 12.1 Å². The standard InChI is InChI=1S/C20H22FN3O3/c1-13-16(23-20(27-13)14-6-4-7-15(21)10-14)11-19(25)22-12-17(24(2)3)18-8-5-9-26-18/h4-10,17H,11-12H2,1-3H3,(H,22,25).